The number of rotatable bonds is 13. The number of aromatic nitrogens is 2. The van der Waals surface area contributed by atoms with Gasteiger partial charge in [-0.15, -0.1) is 0 Å². The molecule has 41 heavy (non-hydrogen) atoms. The SMILES string of the molecule is CCCCOc1ccc(-c2ccc(Cl)c(/C=C/C(=O)Nc3ccc([S@@](=O)Cc4cncn4CC4CC4)cc3)c2)cc1. The molecule has 1 fully saturated rings. The first-order valence-corrected chi connectivity index (χ1v) is 15.7. The molecule has 1 saturated carbocycles. The Labute approximate surface area is 248 Å². The van der Waals surface area contributed by atoms with E-state index in [1.165, 1.54) is 18.9 Å². The topological polar surface area (TPSA) is 73.2 Å². The minimum atomic E-state index is -1.20. The molecule has 1 heterocycles. The molecule has 1 N–H and O–H groups in total. The van der Waals surface area contributed by atoms with Gasteiger partial charge in [0, 0.05) is 34.4 Å². The second-order valence-corrected chi connectivity index (χ2v) is 12.1. The van der Waals surface area contributed by atoms with Crippen LogP contribution in [0.5, 0.6) is 5.75 Å². The number of nitrogens with one attached hydrogen (secondary N) is 1. The van der Waals surface area contributed by atoms with Crippen LogP contribution in [0.3, 0.4) is 0 Å². The maximum atomic E-state index is 12.9. The number of carbonyl (C=O) groups excluding carboxylic acids is 1. The van der Waals surface area contributed by atoms with E-state index in [1.807, 2.05) is 48.8 Å². The number of benzene rings is 3. The second-order valence-electron chi connectivity index (χ2n) is 10.3. The lowest BCUT2D eigenvalue weighted by molar-refractivity contribution is -0.111. The number of ether oxygens (including phenoxy) is 1. The van der Waals surface area contributed by atoms with Crippen molar-refractivity contribution in [2.75, 3.05) is 11.9 Å². The predicted octanol–water partition coefficient (Wildman–Crippen LogP) is 7.75. The molecule has 0 saturated heterocycles. The summed E-state index contributed by atoms with van der Waals surface area (Å²) in [5.41, 5.74) is 4.38. The molecule has 212 valence electrons. The molecule has 1 aliphatic rings. The van der Waals surface area contributed by atoms with Crippen LogP contribution in [0, 0.1) is 5.92 Å². The number of unbranched alkanes of at least 4 members (excludes halogenated alkanes) is 1. The summed E-state index contributed by atoms with van der Waals surface area (Å²) in [5, 5.41) is 3.42. The summed E-state index contributed by atoms with van der Waals surface area (Å²) >= 11 is 6.42. The number of hydrogen-bond donors (Lipinski definition) is 1. The van der Waals surface area contributed by atoms with Crippen LogP contribution in [-0.4, -0.2) is 26.3 Å². The van der Waals surface area contributed by atoms with Crippen molar-refractivity contribution >= 4 is 40.1 Å². The normalized spacial score (nSPS) is 13.8. The van der Waals surface area contributed by atoms with Crippen molar-refractivity contribution in [3.63, 3.8) is 0 Å². The maximum absolute atomic E-state index is 12.9. The van der Waals surface area contributed by atoms with Gasteiger partial charge in [0.2, 0.25) is 5.91 Å². The van der Waals surface area contributed by atoms with Crippen molar-refractivity contribution in [3.05, 3.63) is 102 Å². The minimum absolute atomic E-state index is 0.280. The van der Waals surface area contributed by atoms with Crippen LogP contribution in [0.2, 0.25) is 5.02 Å². The van der Waals surface area contributed by atoms with E-state index in [0.29, 0.717) is 28.0 Å². The molecular weight excluding hydrogens is 554 g/mol. The summed E-state index contributed by atoms with van der Waals surface area (Å²) in [6, 6.07) is 20.8. The molecule has 6 nitrogen and oxygen atoms in total. The quantitative estimate of drug-likeness (QED) is 0.128. The van der Waals surface area contributed by atoms with Gasteiger partial charge in [-0.1, -0.05) is 43.1 Å². The van der Waals surface area contributed by atoms with Gasteiger partial charge in [-0.3, -0.25) is 9.00 Å². The number of nitrogens with zero attached hydrogens (tertiary/aromatic N) is 2. The summed E-state index contributed by atoms with van der Waals surface area (Å²) in [7, 11) is -1.20. The Bertz CT molecular complexity index is 1530. The Morgan fingerprint density at radius 1 is 1.10 bits per heavy atom. The standard InChI is InChI=1S/C33H34ClN3O3S/c1-2-3-18-40-30-12-6-25(7-13-30)26-8-16-32(34)27(19-26)9-17-33(38)36-28-10-14-31(15-11-28)41(39)22-29-20-35-23-37(29)21-24-4-5-24/h6-17,19-20,23-24H,2-5,18,21-22H2,1H3,(H,36,38)/b17-9+/t41-/m0/s1. The predicted molar refractivity (Wildman–Crippen MR) is 166 cm³/mol. The van der Waals surface area contributed by atoms with E-state index in [2.05, 4.69) is 21.8 Å². The molecule has 1 atom stereocenters. The third-order valence-corrected chi connectivity index (χ3v) is 8.68. The highest BCUT2D eigenvalue weighted by atomic mass is 35.5. The molecule has 0 bridgehead atoms. The van der Waals surface area contributed by atoms with E-state index < -0.39 is 10.8 Å². The van der Waals surface area contributed by atoms with Gasteiger partial charge in [0.1, 0.15) is 5.75 Å². The zero-order valence-corrected chi connectivity index (χ0v) is 24.7. The third kappa shape index (κ3) is 8.18. The van der Waals surface area contributed by atoms with Crippen LogP contribution in [0.15, 0.2) is 90.2 Å². The Morgan fingerprint density at radius 2 is 1.85 bits per heavy atom. The molecule has 0 unspecified atom stereocenters. The van der Waals surface area contributed by atoms with Crippen molar-refractivity contribution < 1.29 is 13.7 Å². The van der Waals surface area contributed by atoms with Crippen molar-refractivity contribution in [1.29, 1.82) is 0 Å². The smallest absolute Gasteiger partial charge is 0.248 e. The van der Waals surface area contributed by atoms with Gasteiger partial charge in [0.15, 0.2) is 0 Å². The fraction of sp³-hybridized carbons (Fsp3) is 0.273. The van der Waals surface area contributed by atoms with Crippen LogP contribution in [0.4, 0.5) is 5.69 Å². The van der Waals surface area contributed by atoms with E-state index >= 15 is 0 Å². The minimum Gasteiger partial charge on any atom is -0.494 e. The Morgan fingerprint density at radius 3 is 2.59 bits per heavy atom. The number of carbonyl (C=O) groups is 1. The highest BCUT2D eigenvalue weighted by molar-refractivity contribution is 7.84. The first-order chi connectivity index (χ1) is 20.0. The summed E-state index contributed by atoms with van der Waals surface area (Å²) < 4.78 is 20.8. The lowest BCUT2D eigenvalue weighted by atomic mass is 10.0. The molecule has 1 aromatic heterocycles. The summed E-state index contributed by atoms with van der Waals surface area (Å²) in [6.45, 7) is 3.80. The molecule has 1 amide bonds. The second kappa shape index (κ2) is 13.8. The Balaban J connectivity index is 1.17. The lowest BCUT2D eigenvalue weighted by Gasteiger charge is -2.09. The summed E-state index contributed by atoms with van der Waals surface area (Å²) in [6.07, 6.45) is 11.4. The van der Waals surface area contributed by atoms with Crippen molar-refractivity contribution in [2.24, 2.45) is 5.92 Å². The molecule has 4 aromatic rings. The highest BCUT2D eigenvalue weighted by Crippen LogP contribution is 2.31. The number of halogens is 1. The van der Waals surface area contributed by atoms with E-state index in [4.69, 9.17) is 16.3 Å². The monoisotopic (exact) mass is 587 g/mol. The summed E-state index contributed by atoms with van der Waals surface area (Å²) in [4.78, 5) is 17.6. The van der Waals surface area contributed by atoms with E-state index in [-0.39, 0.29) is 5.91 Å². The Kier molecular flexibility index (Phi) is 9.70. The van der Waals surface area contributed by atoms with Crippen LogP contribution in [-0.2, 0) is 27.9 Å². The molecular formula is C33H34ClN3O3S. The van der Waals surface area contributed by atoms with Crippen molar-refractivity contribution in [3.8, 4) is 16.9 Å². The van der Waals surface area contributed by atoms with Crippen molar-refractivity contribution in [2.45, 2.75) is 49.8 Å². The number of imidazole rings is 1. The largest absolute Gasteiger partial charge is 0.494 e. The average Bonchev–Trinajstić information content (AvgIpc) is 3.70. The number of anilines is 1. The molecule has 0 radical (unpaired) electrons. The lowest BCUT2D eigenvalue weighted by Crippen LogP contribution is -2.08. The van der Waals surface area contributed by atoms with Crippen LogP contribution < -0.4 is 10.1 Å². The fourth-order valence-corrected chi connectivity index (χ4v) is 5.69. The van der Waals surface area contributed by atoms with Gasteiger partial charge in [0.25, 0.3) is 0 Å². The van der Waals surface area contributed by atoms with Gasteiger partial charge in [-0.2, -0.15) is 0 Å². The number of amides is 1. The fourth-order valence-electron chi connectivity index (χ4n) is 4.40. The average molecular weight is 588 g/mol. The number of hydrogen-bond acceptors (Lipinski definition) is 4. The first-order valence-electron chi connectivity index (χ1n) is 14.0. The van der Waals surface area contributed by atoms with E-state index in [1.54, 1.807) is 36.5 Å². The van der Waals surface area contributed by atoms with Gasteiger partial charge in [-0.25, -0.2) is 4.98 Å². The van der Waals surface area contributed by atoms with Gasteiger partial charge in [-0.05, 0) is 96.5 Å². The highest BCUT2D eigenvalue weighted by Gasteiger charge is 2.23. The van der Waals surface area contributed by atoms with Gasteiger partial charge in [0.05, 0.1) is 35.2 Å². The van der Waals surface area contributed by atoms with Crippen LogP contribution in [0.25, 0.3) is 17.2 Å². The van der Waals surface area contributed by atoms with Crippen molar-refractivity contribution in [1.82, 2.24) is 9.55 Å². The van der Waals surface area contributed by atoms with Gasteiger partial charge >= 0.3 is 0 Å². The van der Waals surface area contributed by atoms with Gasteiger partial charge < -0.3 is 14.6 Å². The van der Waals surface area contributed by atoms with Crippen LogP contribution in [0.1, 0.15) is 43.9 Å². The Hall–Kier alpha value is -3.68. The molecule has 0 spiro atoms. The van der Waals surface area contributed by atoms with E-state index in [9.17, 15) is 9.00 Å². The van der Waals surface area contributed by atoms with E-state index in [0.717, 1.165) is 53.4 Å². The molecule has 8 heteroatoms. The zero-order chi connectivity index (χ0) is 28.6. The molecule has 5 rings (SSSR count). The van der Waals surface area contributed by atoms with Crippen LogP contribution >= 0.6 is 11.6 Å². The maximum Gasteiger partial charge on any atom is 0.248 e. The first kappa shape index (κ1) is 28.8. The molecule has 3 aromatic carbocycles. The molecule has 0 aliphatic heterocycles. The summed E-state index contributed by atoms with van der Waals surface area (Å²) in [5.74, 6) is 1.71. The third-order valence-electron chi connectivity index (χ3n) is 6.98. The molecule has 1 aliphatic carbocycles. The zero-order valence-electron chi connectivity index (χ0n) is 23.1.